The van der Waals surface area contributed by atoms with Gasteiger partial charge in [0, 0.05) is 18.1 Å². The van der Waals surface area contributed by atoms with Crippen molar-refractivity contribution in [1.82, 2.24) is 0 Å². The summed E-state index contributed by atoms with van der Waals surface area (Å²) in [5, 5.41) is 7.26. The Labute approximate surface area is 80.3 Å². The Bertz CT molecular complexity index is 236. The smallest absolute Gasteiger partial charge is 0.0446 e. The van der Waals surface area contributed by atoms with Crippen molar-refractivity contribution in [2.75, 3.05) is 0 Å². The largest absolute Gasteiger partial charge is 0.308 e. The topological polar surface area (TPSA) is 36.2 Å². The quantitative estimate of drug-likeness (QED) is 0.644. The van der Waals surface area contributed by atoms with Crippen LogP contribution in [0, 0.1) is 11.3 Å². The minimum Gasteiger partial charge on any atom is -0.308 e. The van der Waals surface area contributed by atoms with Crippen molar-refractivity contribution in [3.8, 4) is 0 Å². The van der Waals surface area contributed by atoms with Gasteiger partial charge in [0.15, 0.2) is 0 Å². The number of aliphatic imine (C=N–C) groups is 1. The highest BCUT2D eigenvalue weighted by Gasteiger charge is 2.09. The van der Waals surface area contributed by atoms with Crippen molar-refractivity contribution in [2.45, 2.75) is 39.5 Å². The fourth-order valence-corrected chi connectivity index (χ4v) is 1.45. The number of hydrogen-bond donors (Lipinski definition) is 1. The average Bonchev–Trinajstić information content (AvgIpc) is 2.15. The Morgan fingerprint density at radius 1 is 1.31 bits per heavy atom. The van der Waals surface area contributed by atoms with E-state index in [0.717, 1.165) is 24.1 Å². The van der Waals surface area contributed by atoms with Crippen LogP contribution in [0.3, 0.4) is 0 Å². The number of allylic oxidation sites excluding steroid dienone is 2. The van der Waals surface area contributed by atoms with Gasteiger partial charge in [-0.25, -0.2) is 0 Å². The van der Waals surface area contributed by atoms with Gasteiger partial charge in [0.25, 0.3) is 0 Å². The highest BCUT2D eigenvalue weighted by atomic mass is 14.7. The van der Waals surface area contributed by atoms with Crippen LogP contribution in [0.25, 0.3) is 0 Å². The summed E-state index contributed by atoms with van der Waals surface area (Å²) in [4.78, 5) is 4.44. The molecule has 0 unspecified atom stereocenters. The molecule has 0 fully saturated rings. The third-order valence-electron chi connectivity index (χ3n) is 2.18. The molecule has 0 aromatic rings. The fourth-order valence-electron chi connectivity index (χ4n) is 1.45. The van der Waals surface area contributed by atoms with Gasteiger partial charge in [-0.15, -0.1) is 0 Å². The van der Waals surface area contributed by atoms with Crippen molar-refractivity contribution in [3.05, 3.63) is 11.3 Å². The van der Waals surface area contributed by atoms with E-state index >= 15 is 0 Å². The van der Waals surface area contributed by atoms with Crippen LogP contribution in [0.1, 0.15) is 39.5 Å². The van der Waals surface area contributed by atoms with E-state index in [1.807, 2.05) is 6.21 Å². The Morgan fingerprint density at radius 2 is 2.00 bits per heavy atom. The van der Waals surface area contributed by atoms with E-state index in [0.29, 0.717) is 5.92 Å². The zero-order valence-electron chi connectivity index (χ0n) is 8.51. The Kier molecular flexibility index (Phi) is 3.87. The minimum absolute atomic E-state index is 0.501. The summed E-state index contributed by atoms with van der Waals surface area (Å²) in [6, 6.07) is 0. The van der Waals surface area contributed by atoms with Crippen LogP contribution in [0.2, 0.25) is 0 Å². The van der Waals surface area contributed by atoms with Gasteiger partial charge in [-0.1, -0.05) is 13.8 Å². The number of hydrogen-bond acceptors (Lipinski definition) is 2. The molecule has 0 saturated heterocycles. The molecule has 0 aromatic heterocycles. The van der Waals surface area contributed by atoms with Crippen molar-refractivity contribution in [1.29, 1.82) is 5.41 Å². The lowest BCUT2D eigenvalue weighted by Gasteiger charge is -2.13. The maximum Gasteiger partial charge on any atom is 0.0446 e. The molecule has 2 heteroatoms. The van der Waals surface area contributed by atoms with E-state index in [1.165, 1.54) is 19.1 Å². The lowest BCUT2D eigenvalue weighted by Crippen LogP contribution is -2.00. The summed E-state index contributed by atoms with van der Waals surface area (Å²) < 4.78 is 0. The summed E-state index contributed by atoms with van der Waals surface area (Å²) in [6.07, 6.45) is 7.96. The van der Waals surface area contributed by atoms with Gasteiger partial charge in [-0.3, -0.25) is 4.99 Å². The monoisotopic (exact) mass is 178 g/mol. The second kappa shape index (κ2) is 4.95. The van der Waals surface area contributed by atoms with Crippen LogP contribution in [0.4, 0.5) is 0 Å². The second-order valence-electron chi connectivity index (χ2n) is 3.85. The van der Waals surface area contributed by atoms with Crippen LogP contribution < -0.4 is 0 Å². The van der Waals surface area contributed by atoms with Gasteiger partial charge in [0.05, 0.1) is 0 Å². The van der Waals surface area contributed by atoms with Crippen LogP contribution in [-0.2, 0) is 0 Å². The third-order valence-corrected chi connectivity index (χ3v) is 2.18. The summed E-state index contributed by atoms with van der Waals surface area (Å²) in [7, 11) is 0. The molecule has 0 radical (unpaired) electrons. The molecule has 13 heavy (non-hydrogen) atoms. The zero-order valence-corrected chi connectivity index (χ0v) is 8.51. The molecule has 72 valence electrons. The van der Waals surface area contributed by atoms with Crippen molar-refractivity contribution < 1.29 is 0 Å². The molecular weight excluding hydrogens is 160 g/mol. The standard InChI is InChI=1S/C11H18N2/c1-9(2)8-13-11-6-4-3-5-10(11)7-12/h7-9,12H,3-6H2,1-2H3. The average molecular weight is 178 g/mol. The fraction of sp³-hybridized carbons (Fsp3) is 0.636. The predicted octanol–water partition coefficient (Wildman–Crippen LogP) is 3.19. The first-order valence-corrected chi connectivity index (χ1v) is 5.00. The summed E-state index contributed by atoms with van der Waals surface area (Å²) in [5.41, 5.74) is 2.26. The molecular formula is C11H18N2. The van der Waals surface area contributed by atoms with Crippen LogP contribution in [0.5, 0.6) is 0 Å². The van der Waals surface area contributed by atoms with Crippen molar-refractivity contribution >= 4 is 12.4 Å². The van der Waals surface area contributed by atoms with E-state index < -0.39 is 0 Å². The van der Waals surface area contributed by atoms with E-state index in [1.54, 1.807) is 0 Å². The maximum atomic E-state index is 7.26. The summed E-state index contributed by atoms with van der Waals surface area (Å²) in [6.45, 7) is 4.24. The minimum atomic E-state index is 0.501. The normalized spacial score (nSPS) is 18.7. The second-order valence-corrected chi connectivity index (χ2v) is 3.85. The molecule has 0 bridgehead atoms. The predicted molar refractivity (Wildman–Crippen MR) is 57.6 cm³/mol. The Morgan fingerprint density at radius 3 is 2.62 bits per heavy atom. The molecule has 0 amide bonds. The molecule has 0 atom stereocenters. The number of nitrogens with zero attached hydrogens (tertiary/aromatic N) is 1. The van der Waals surface area contributed by atoms with Crippen molar-refractivity contribution in [2.24, 2.45) is 10.9 Å². The van der Waals surface area contributed by atoms with Gasteiger partial charge in [0.2, 0.25) is 0 Å². The molecule has 1 aliphatic carbocycles. The van der Waals surface area contributed by atoms with E-state index in [4.69, 9.17) is 5.41 Å². The van der Waals surface area contributed by atoms with E-state index in [-0.39, 0.29) is 0 Å². The first-order valence-electron chi connectivity index (χ1n) is 5.00. The zero-order chi connectivity index (χ0) is 9.68. The highest BCUT2D eigenvalue weighted by molar-refractivity contribution is 5.78. The first kappa shape index (κ1) is 10.2. The third kappa shape index (κ3) is 3.13. The van der Waals surface area contributed by atoms with Gasteiger partial charge >= 0.3 is 0 Å². The van der Waals surface area contributed by atoms with Crippen LogP contribution >= 0.6 is 0 Å². The first-order chi connectivity index (χ1) is 6.24. The maximum absolute atomic E-state index is 7.26. The van der Waals surface area contributed by atoms with Gasteiger partial charge < -0.3 is 5.41 Å². The van der Waals surface area contributed by atoms with Crippen LogP contribution in [0.15, 0.2) is 16.3 Å². The molecule has 0 heterocycles. The van der Waals surface area contributed by atoms with Gasteiger partial charge in [0.1, 0.15) is 0 Å². The molecule has 1 N–H and O–H groups in total. The molecule has 0 saturated carbocycles. The lowest BCUT2D eigenvalue weighted by molar-refractivity contribution is 0.683. The van der Waals surface area contributed by atoms with Crippen LogP contribution in [-0.4, -0.2) is 12.4 Å². The lowest BCUT2D eigenvalue weighted by atomic mass is 9.97. The van der Waals surface area contributed by atoms with E-state index in [9.17, 15) is 0 Å². The number of nitrogens with one attached hydrogen (secondary N) is 1. The van der Waals surface area contributed by atoms with Crippen molar-refractivity contribution in [3.63, 3.8) is 0 Å². The molecule has 1 rings (SSSR count). The summed E-state index contributed by atoms with van der Waals surface area (Å²) >= 11 is 0. The molecule has 0 aliphatic heterocycles. The molecule has 1 aliphatic rings. The molecule has 0 spiro atoms. The Hall–Kier alpha value is -0.920. The summed E-state index contributed by atoms with van der Waals surface area (Å²) in [5.74, 6) is 0.501. The molecule has 0 aromatic carbocycles. The van der Waals surface area contributed by atoms with Gasteiger partial charge in [-0.2, -0.15) is 0 Å². The van der Waals surface area contributed by atoms with E-state index in [2.05, 4.69) is 18.8 Å². The highest BCUT2D eigenvalue weighted by Crippen LogP contribution is 2.24. The Balaban J connectivity index is 2.73. The number of rotatable bonds is 3. The SMILES string of the molecule is CC(C)C=NC1=C(C=N)CCCC1. The van der Waals surface area contributed by atoms with Gasteiger partial charge in [-0.05, 0) is 37.2 Å². The molecule has 2 nitrogen and oxygen atoms in total.